The minimum Gasteiger partial charge on any atom is -0.340 e. The van der Waals surface area contributed by atoms with Crippen molar-refractivity contribution in [2.75, 3.05) is 18.0 Å². The van der Waals surface area contributed by atoms with E-state index in [-0.39, 0.29) is 5.56 Å². The van der Waals surface area contributed by atoms with Crippen molar-refractivity contribution in [3.63, 3.8) is 0 Å². The first kappa shape index (κ1) is 14.7. The van der Waals surface area contributed by atoms with Gasteiger partial charge in [0.15, 0.2) is 5.65 Å². The van der Waals surface area contributed by atoms with E-state index in [0.717, 1.165) is 38.2 Å². The molecule has 3 aromatic heterocycles. The van der Waals surface area contributed by atoms with E-state index in [1.54, 1.807) is 0 Å². The number of H-pyrrole nitrogens is 2. The fourth-order valence-corrected chi connectivity index (χ4v) is 4.31. The Bertz CT molecular complexity index is 998. The van der Waals surface area contributed by atoms with Gasteiger partial charge in [-0.2, -0.15) is 10.1 Å². The standard InChI is InChI=1S/C17H21N7O/c1-10-19-13-4-2-3-5-14(13)24(10)11-6-7-23(9-11)17-20-15-12(8-18-22-15)16(25)21-17/h8,11H,2-7,9H2,1H3,(H2,18,20,21,22,25)/t11-/m0/s1. The molecule has 0 spiro atoms. The summed E-state index contributed by atoms with van der Waals surface area (Å²) < 4.78 is 2.43. The Morgan fingerprint density at radius 2 is 2.12 bits per heavy atom. The van der Waals surface area contributed by atoms with Crippen LogP contribution >= 0.6 is 0 Å². The molecule has 8 nitrogen and oxygen atoms in total. The van der Waals surface area contributed by atoms with Crippen LogP contribution in [0.25, 0.3) is 11.0 Å². The van der Waals surface area contributed by atoms with Crippen LogP contribution in [0.1, 0.15) is 42.5 Å². The van der Waals surface area contributed by atoms with E-state index in [0.29, 0.717) is 23.0 Å². The van der Waals surface area contributed by atoms with Crippen LogP contribution in [0, 0.1) is 6.92 Å². The van der Waals surface area contributed by atoms with Crippen molar-refractivity contribution in [3.05, 3.63) is 33.8 Å². The van der Waals surface area contributed by atoms with Gasteiger partial charge in [0.25, 0.3) is 5.56 Å². The normalized spacial score (nSPS) is 20.4. The highest BCUT2D eigenvalue weighted by Crippen LogP contribution is 2.31. The molecule has 8 heteroatoms. The molecule has 0 bridgehead atoms. The van der Waals surface area contributed by atoms with Crippen molar-refractivity contribution >= 4 is 17.0 Å². The SMILES string of the molecule is Cc1nc2c(n1[C@H]1CCN(c3nc4[nH]ncc4c(=O)[nH]3)C1)CCCC2. The Kier molecular flexibility index (Phi) is 3.19. The Labute approximate surface area is 144 Å². The van der Waals surface area contributed by atoms with Crippen LogP contribution in [-0.2, 0) is 12.8 Å². The van der Waals surface area contributed by atoms with E-state index < -0.39 is 0 Å². The summed E-state index contributed by atoms with van der Waals surface area (Å²) in [5.74, 6) is 1.74. The predicted octanol–water partition coefficient (Wildman–Crippen LogP) is 1.48. The minimum absolute atomic E-state index is 0.145. The van der Waals surface area contributed by atoms with Gasteiger partial charge in [0.1, 0.15) is 11.2 Å². The van der Waals surface area contributed by atoms with Gasteiger partial charge in [0, 0.05) is 18.8 Å². The van der Waals surface area contributed by atoms with E-state index in [1.807, 2.05) is 0 Å². The molecule has 0 saturated carbocycles. The number of rotatable bonds is 2. The van der Waals surface area contributed by atoms with Gasteiger partial charge < -0.3 is 9.47 Å². The second kappa shape index (κ2) is 5.44. The quantitative estimate of drug-likeness (QED) is 0.737. The first-order valence-corrected chi connectivity index (χ1v) is 8.95. The van der Waals surface area contributed by atoms with Gasteiger partial charge in [0.05, 0.1) is 17.9 Å². The van der Waals surface area contributed by atoms with Crippen molar-refractivity contribution in [1.82, 2.24) is 29.7 Å². The topological polar surface area (TPSA) is 95.5 Å². The number of anilines is 1. The predicted molar refractivity (Wildman–Crippen MR) is 94.0 cm³/mol. The van der Waals surface area contributed by atoms with E-state index in [4.69, 9.17) is 4.98 Å². The third kappa shape index (κ3) is 2.27. The van der Waals surface area contributed by atoms with Gasteiger partial charge in [-0.05, 0) is 39.0 Å². The van der Waals surface area contributed by atoms with Crippen molar-refractivity contribution < 1.29 is 0 Å². The zero-order valence-electron chi connectivity index (χ0n) is 14.2. The summed E-state index contributed by atoms with van der Waals surface area (Å²) in [5, 5.41) is 7.20. The van der Waals surface area contributed by atoms with Gasteiger partial charge >= 0.3 is 0 Å². The average Bonchev–Trinajstić information content (AvgIpc) is 3.31. The molecule has 1 atom stereocenters. The van der Waals surface area contributed by atoms with Crippen LogP contribution in [0.2, 0.25) is 0 Å². The maximum Gasteiger partial charge on any atom is 0.263 e. The number of aromatic nitrogens is 6. The molecule has 2 aliphatic rings. The molecular formula is C17H21N7O. The van der Waals surface area contributed by atoms with Crippen molar-refractivity contribution in [2.24, 2.45) is 0 Å². The summed E-state index contributed by atoms with van der Waals surface area (Å²) in [7, 11) is 0. The summed E-state index contributed by atoms with van der Waals surface area (Å²) >= 11 is 0. The number of imidazole rings is 1. The maximum atomic E-state index is 12.2. The third-order valence-electron chi connectivity index (χ3n) is 5.48. The van der Waals surface area contributed by atoms with Gasteiger partial charge in [-0.1, -0.05) is 0 Å². The molecule has 130 valence electrons. The molecule has 1 aliphatic carbocycles. The average molecular weight is 339 g/mol. The monoisotopic (exact) mass is 339 g/mol. The fourth-order valence-electron chi connectivity index (χ4n) is 4.31. The zero-order chi connectivity index (χ0) is 17.0. The first-order chi connectivity index (χ1) is 12.2. The Morgan fingerprint density at radius 1 is 1.24 bits per heavy atom. The second-order valence-electron chi connectivity index (χ2n) is 7.04. The number of nitrogens with one attached hydrogen (secondary N) is 2. The lowest BCUT2D eigenvalue weighted by molar-refractivity contribution is 0.504. The largest absolute Gasteiger partial charge is 0.340 e. The Balaban J connectivity index is 1.46. The fraction of sp³-hybridized carbons (Fsp3) is 0.529. The minimum atomic E-state index is -0.145. The van der Waals surface area contributed by atoms with Gasteiger partial charge in [-0.3, -0.25) is 14.9 Å². The molecule has 25 heavy (non-hydrogen) atoms. The van der Waals surface area contributed by atoms with E-state index >= 15 is 0 Å². The number of fused-ring (bicyclic) bond motifs is 2. The van der Waals surface area contributed by atoms with Crippen LogP contribution in [0.4, 0.5) is 5.95 Å². The molecule has 1 saturated heterocycles. The molecule has 0 unspecified atom stereocenters. The van der Waals surface area contributed by atoms with Crippen LogP contribution in [0.15, 0.2) is 11.0 Å². The Hall–Kier alpha value is -2.64. The lowest BCUT2D eigenvalue weighted by Crippen LogP contribution is -2.26. The highest BCUT2D eigenvalue weighted by Gasteiger charge is 2.30. The van der Waals surface area contributed by atoms with Crippen molar-refractivity contribution in [3.8, 4) is 0 Å². The summed E-state index contributed by atoms with van der Waals surface area (Å²) in [6.45, 7) is 3.82. The van der Waals surface area contributed by atoms with Crippen LogP contribution in [-0.4, -0.2) is 42.8 Å². The molecule has 1 aliphatic heterocycles. The number of nitrogens with zero attached hydrogens (tertiary/aromatic N) is 5. The van der Waals surface area contributed by atoms with E-state index in [9.17, 15) is 4.79 Å². The molecule has 4 heterocycles. The molecule has 5 rings (SSSR count). The number of hydrogen-bond acceptors (Lipinski definition) is 5. The van der Waals surface area contributed by atoms with Crippen LogP contribution in [0.3, 0.4) is 0 Å². The van der Waals surface area contributed by atoms with Gasteiger partial charge in [-0.15, -0.1) is 0 Å². The Morgan fingerprint density at radius 3 is 3.04 bits per heavy atom. The van der Waals surface area contributed by atoms with Gasteiger partial charge in [0.2, 0.25) is 5.95 Å². The summed E-state index contributed by atoms with van der Waals surface area (Å²) in [4.78, 5) is 26.6. The first-order valence-electron chi connectivity index (χ1n) is 8.95. The highest BCUT2D eigenvalue weighted by atomic mass is 16.1. The van der Waals surface area contributed by atoms with Crippen molar-refractivity contribution in [1.29, 1.82) is 0 Å². The number of hydrogen-bond donors (Lipinski definition) is 2. The summed E-state index contributed by atoms with van der Waals surface area (Å²) in [6, 6.07) is 0.386. The maximum absolute atomic E-state index is 12.2. The highest BCUT2D eigenvalue weighted by molar-refractivity contribution is 5.73. The summed E-state index contributed by atoms with van der Waals surface area (Å²) in [6.07, 6.45) is 7.27. The molecule has 3 aromatic rings. The second-order valence-corrected chi connectivity index (χ2v) is 7.04. The van der Waals surface area contributed by atoms with Crippen LogP contribution < -0.4 is 10.5 Å². The van der Waals surface area contributed by atoms with E-state index in [2.05, 4.69) is 36.6 Å². The van der Waals surface area contributed by atoms with Crippen LogP contribution in [0.5, 0.6) is 0 Å². The van der Waals surface area contributed by atoms with Crippen molar-refractivity contribution in [2.45, 2.75) is 45.1 Å². The summed E-state index contributed by atoms with van der Waals surface area (Å²) in [5.41, 5.74) is 3.10. The molecule has 0 aromatic carbocycles. The molecule has 1 fully saturated rings. The molecular weight excluding hydrogens is 318 g/mol. The smallest absolute Gasteiger partial charge is 0.263 e. The third-order valence-corrected chi connectivity index (χ3v) is 5.48. The lowest BCUT2D eigenvalue weighted by Gasteiger charge is -2.21. The molecule has 2 N–H and O–H groups in total. The van der Waals surface area contributed by atoms with E-state index in [1.165, 1.54) is 30.4 Å². The lowest BCUT2D eigenvalue weighted by atomic mass is 10.0. The number of aromatic amines is 2. The van der Waals surface area contributed by atoms with Gasteiger partial charge in [-0.25, -0.2) is 4.98 Å². The molecule has 0 radical (unpaired) electrons. The molecule has 0 amide bonds. The zero-order valence-corrected chi connectivity index (χ0v) is 14.2. The number of aryl methyl sites for hydroxylation is 2.